The number of halogens is 1. The van der Waals surface area contributed by atoms with Crippen molar-refractivity contribution in [3.8, 4) is 11.6 Å². The van der Waals surface area contributed by atoms with E-state index in [-0.39, 0.29) is 17.4 Å². The maximum absolute atomic E-state index is 11.5. The predicted octanol–water partition coefficient (Wildman–Crippen LogP) is 2.06. The van der Waals surface area contributed by atoms with Gasteiger partial charge in [0.2, 0.25) is 5.82 Å². The van der Waals surface area contributed by atoms with E-state index in [1.54, 1.807) is 11.0 Å². The molecule has 0 atom stereocenters. The van der Waals surface area contributed by atoms with Crippen molar-refractivity contribution in [2.24, 2.45) is 0 Å². The molecule has 23 heavy (non-hydrogen) atoms. The maximum atomic E-state index is 11.5. The average Bonchev–Trinajstić information content (AvgIpc) is 2.57. The number of morpholine rings is 1. The number of nitro groups is 1. The highest BCUT2D eigenvalue weighted by atomic mass is 35.5. The summed E-state index contributed by atoms with van der Waals surface area (Å²) in [6, 6.07) is 3.07. The smallest absolute Gasteiger partial charge is 0.373 e. The van der Waals surface area contributed by atoms with Gasteiger partial charge in [0.05, 0.1) is 24.3 Å². The molecule has 0 aliphatic carbocycles. The first kappa shape index (κ1) is 15.4. The van der Waals surface area contributed by atoms with Crippen LogP contribution in [-0.4, -0.2) is 46.2 Å². The number of hydrogen-bond donors (Lipinski definition) is 0. The summed E-state index contributed by atoms with van der Waals surface area (Å²) >= 11 is 5.70. The van der Waals surface area contributed by atoms with Crippen LogP contribution in [0.4, 0.5) is 11.5 Å². The van der Waals surface area contributed by atoms with Crippen molar-refractivity contribution in [3.05, 3.63) is 39.9 Å². The van der Waals surface area contributed by atoms with Gasteiger partial charge in [0, 0.05) is 13.1 Å². The Hall–Kier alpha value is -2.52. The predicted molar refractivity (Wildman–Crippen MR) is 81.0 cm³/mol. The molecule has 0 radical (unpaired) electrons. The zero-order chi connectivity index (χ0) is 16.2. The van der Waals surface area contributed by atoms with Crippen LogP contribution in [0.2, 0.25) is 5.15 Å². The summed E-state index contributed by atoms with van der Waals surface area (Å²) in [6.07, 6.45) is 2.60. The van der Waals surface area contributed by atoms with Gasteiger partial charge in [0.25, 0.3) is 0 Å². The third-order valence-corrected chi connectivity index (χ3v) is 3.40. The van der Waals surface area contributed by atoms with Crippen molar-refractivity contribution in [2.45, 2.75) is 0 Å². The largest absolute Gasteiger partial charge is 0.432 e. The third-order valence-electron chi connectivity index (χ3n) is 3.18. The Labute approximate surface area is 136 Å². The number of ether oxygens (including phenoxy) is 2. The standard InChI is InChI=1S/C13H12ClN5O4/c14-10-2-1-9(7-15-10)23-13-11(19(20)21)12(16-8-17-13)18-3-5-22-6-4-18/h1-2,7-8H,3-6H2. The van der Waals surface area contributed by atoms with E-state index in [9.17, 15) is 10.1 Å². The Morgan fingerprint density at radius 3 is 2.70 bits per heavy atom. The fourth-order valence-corrected chi connectivity index (χ4v) is 2.24. The lowest BCUT2D eigenvalue weighted by atomic mass is 10.3. The molecule has 1 saturated heterocycles. The fraction of sp³-hybridized carbons (Fsp3) is 0.308. The Balaban J connectivity index is 1.95. The molecule has 0 N–H and O–H groups in total. The third kappa shape index (κ3) is 3.46. The van der Waals surface area contributed by atoms with E-state index in [4.69, 9.17) is 21.1 Å². The summed E-state index contributed by atoms with van der Waals surface area (Å²) in [7, 11) is 0. The molecule has 0 aromatic carbocycles. The van der Waals surface area contributed by atoms with E-state index < -0.39 is 4.92 Å². The van der Waals surface area contributed by atoms with Crippen molar-refractivity contribution >= 4 is 23.1 Å². The van der Waals surface area contributed by atoms with Gasteiger partial charge in [0.15, 0.2) is 0 Å². The highest BCUT2D eigenvalue weighted by Gasteiger charge is 2.29. The molecular weight excluding hydrogens is 326 g/mol. The van der Waals surface area contributed by atoms with E-state index in [2.05, 4.69) is 15.0 Å². The summed E-state index contributed by atoms with van der Waals surface area (Å²) in [5.41, 5.74) is -0.288. The van der Waals surface area contributed by atoms with Crippen molar-refractivity contribution < 1.29 is 14.4 Å². The number of nitrogens with zero attached hydrogens (tertiary/aromatic N) is 5. The normalized spacial score (nSPS) is 14.6. The van der Waals surface area contributed by atoms with Gasteiger partial charge in [-0.15, -0.1) is 0 Å². The molecule has 1 fully saturated rings. The second-order valence-electron chi connectivity index (χ2n) is 4.63. The number of anilines is 1. The minimum absolute atomic E-state index is 0.143. The van der Waals surface area contributed by atoms with Crippen molar-refractivity contribution in [3.63, 3.8) is 0 Å². The van der Waals surface area contributed by atoms with Gasteiger partial charge in [-0.05, 0) is 12.1 Å². The molecule has 0 amide bonds. The van der Waals surface area contributed by atoms with Gasteiger partial charge in [-0.2, -0.15) is 4.98 Å². The minimum Gasteiger partial charge on any atom is -0.432 e. The summed E-state index contributed by atoms with van der Waals surface area (Å²) in [6.45, 7) is 2.00. The van der Waals surface area contributed by atoms with E-state index in [0.29, 0.717) is 37.2 Å². The van der Waals surface area contributed by atoms with Crippen LogP contribution in [0.5, 0.6) is 11.6 Å². The van der Waals surface area contributed by atoms with Gasteiger partial charge in [-0.3, -0.25) is 10.1 Å². The van der Waals surface area contributed by atoms with E-state index in [0.717, 1.165) is 0 Å². The lowest BCUT2D eigenvalue weighted by molar-refractivity contribution is -0.385. The number of hydrogen-bond acceptors (Lipinski definition) is 8. The van der Waals surface area contributed by atoms with Crippen LogP contribution >= 0.6 is 11.6 Å². The minimum atomic E-state index is -0.552. The van der Waals surface area contributed by atoms with Crippen LogP contribution in [-0.2, 0) is 4.74 Å². The molecule has 1 aliphatic heterocycles. The molecule has 120 valence electrons. The first-order valence-electron chi connectivity index (χ1n) is 6.76. The average molecular weight is 338 g/mol. The molecule has 3 heterocycles. The lowest BCUT2D eigenvalue weighted by Crippen LogP contribution is -2.37. The van der Waals surface area contributed by atoms with E-state index in [1.165, 1.54) is 18.6 Å². The monoisotopic (exact) mass is 337 g/mol. The molecule has 3 rings (SSSR count). The van der Waals surface area contributed by atoms with E-state index in [1.807, 2.05) is 0 Å². The Morgan fingerprint density at radius 2 is 2.04 bits per heavy atom. The summed E-state index contributed by atoms with van der Waals surface area (Å²) in [4.78, 5) is 24.5. The Bertz CT molecular complexity index is 706. The van der Waals surface area contributed by atoms with Crippen LogP contribution < -0.4 is 9.64 Å². The molecule has 0 saturated carbocycles. The zero-order valence-corrected chi connectivity index (χ0v) is 12.6. The second kappa shape index (κ2) is 6.71. The van der Waals surface area contributed by atoms with Gasteiger partial charge in [-0.1, -0.05) is 11.6 Å². The SMILES string of the molecule is O=[N+]([O-])c1c(Oc2ccc(Cl)nc2)ncnc1N1CCOCC1. The van der Waals surface area contributed by atoms with Crippen LogP contribution in [0.3, 0.4) is 0 Å². The number of pyridine rings is 1. The highest BCUT2D eigenvalue weighted by Crippen LogP contribution is 2.36. The van der Waals surface area contributed by atoms with Gasteiger partial charge in [-0.25, -0.2) is 9.97 Å². The highest BCUT2D eigenvalue weighted by molar-refractivity contribution is 6.29. The van der Waals surface area contributed by atoms with Gasteiger partial charge >= 0.3 is 11.6 Å². The molecule has 1 aliphatic rings. The van der Waals surface area contributed by atoms with Crippen LogP contribution in [0, 0.1) is 10.1 Å². The van der Waals surface area contributed by atoms with Gasteiger partial charge in [0.1, 0.15) is 17.2 Å². The molecule has 0 unspecified atom stereocenters. The zero-order valence-electron chi connectivity index (χ0n) is 11.9. The maximum Gasteiger partial charge on any atom is 0.373 e. The van der Waals surface area contributed by atoms with Crippen molar-refractivity contribution in [1.29, 1.82) is 0 Å². The van der Waals surface area contributed by atoms with Crippen LogP contribution in [0.15, 0.2) is 24.7 Å². The molecule has 0 bridgehead atoms. The molecular formula is C13H12ClN5O4. The first-order chi connectivity index (χ1) is 11.1. The summed E-state index contributed by atoms with van der Waals surface area (Å²) in [5, 5.41) is 11.8. The Morgan fingerprint density at radius 1 is 1.26 bits per heavy atom. The number of aromatic nitrogens is 3. The molecule has 9 nitrogen and oxygen atoms in total. The van der Waals surface area contributed by atoms with Crippen molar-refractivity contribution in [2.75, 3.05) is 31.2 Å². The quantitative estimate of drug-likeness (QED) is 0.474. The molecule has 10 heteroatoms. The van der Waals surface area contributed by atoms with Crippen LogP contribution in [0.1, 0.15) is 0 Å². The van der Waals surface area contributed by atoms with Crippen LogP contribution in [0.25, 0.3) is 0 Å². The molecule has 2 aromatic heterocycles. The Kier molecular flexibility index (Phi) is 4.49. The second-order valence-corrected chi connectivity index (χ2v) is 5.01. The number of rotatable bonds is 4. The fourth-order valence-electron chi connectivity index (χ4n) is 2.13. The van der Waals surface area contributed by atoms with E-state index >= 15 is 0 Å². The van der Waals surface area contributed by atoms with Gasteiger partial charge < -0.3 is 14.4 Å². The molecule has 0 spiro atoms. The lowest BCUT2D eigenvalue weighted by Gasteiger charge is -2.27. The molecule has 2 aromatic rings. The summed E-state index contributed by atoms with van der Waals surface area (Å²) < 4.78 is 10.7. The topological polar surface area (TPSA) is 104 Å². The first-order valence-corrected chi connectivity index (χ1v) is 7.14. The van der Waals surface area contributed by atoms with Crippen molar-refractivity contribution in [1.82, 2.24) is 15.0 Å². The summed E-state index contributed by atoms with van der Waals surface area (Å²) in [5.74, 6) is 0.366.